The van der Waals surface area contributed by atoms with Crippen LogP contribution < -0.4 is 20.1 Å². The molecule has 0 unspecified atom stereocenters. The Kier molecular flexibility index (Phi) is 5.62. The number of methoxy groups -OCH3 is 1. The molecular formula is C20H18BrN3O3S2. The zero-order chi connectivity index (χ0) is 20.5. The number of amides is 1. The van der Waals surface area contributed by atoms with Crippen LogP contribution in [0.2, 0.25) is 0 Å². The average molecular weight is 492 g/mol. The van der Waals surface area contributed by atoms with Crippen LogP contribution in [0, 0.1) is 3.95 Å². The molecule has 0 saturated heterocycles. The van der Waals surface area contributed by atoms with Crippen LogP contribution in [-0.2, 0) is 0 Å². The highest BCUT2D eigenvalue weighted by molar-refractivity contribution is 9.10. The molecule has 0 bridgehead atoms. The summed E-state index contributed by atoms with van der Waals surface area (Å²) in [5.74, 6) is 1.73. The molecule has 1 aliphatic rings. The monoisotopic (exact) mass is 491 g/mol. The van der Waals surface area contributed by atoms with Crippen molar-refractivity contribution >= 4 is 51.2 Å². The van der Waals surface area contributed by atoms with E-state index in [9.17, 15) is 4.79 Å². The first kappa shape index (κ1) is 19.9. The number of halogens is 1. The highest BCUT2D eigenvalue weighted by Crippen LogP contribution is 2.40. The lowest BCUT2D eigenvalue weighted by Crippen LogP contribution is -2.38. The fourth-order valence-electron chi connectivity index (χ4n) is 3.20. The minimum absolute atomic E-state index is 0.168. The number of hydrogen-bond acceptors (Lipinski definition) is 6. The van der Waals surface area contributed by atoms with E-state index in [4.69, 9.17) is 21.7 Å². The molecule has 0 radical (unpaired) electrons. The summed E-state index contributed by atoms with van der Waals surface area (Å²) in [5, 5.41) is 6.41. The first-order chi connectivity index (χ1) is 14.0. The standard InChI is InChI=1S/C20H18BrN3O3S2/c1-3-27-15-13(21)9-11(10-14(15)26-2)17-22-18-16(19(25)23-17)29-20(28)24(18)12-7-5-4-6-8-12/h4-10,17,22H,3H2,1-2H3,(H,23,25)/t17-/m0/s1. The normalized spacial score (nSPS) is 15.3. The van der Waals surface area contributed by atoms with Crippen molar-refractivity contribution in [3.8, 4) is 17.2 Å². The molecule has 1 atom stereocenters. The molecule has 1 aliphatic heterocycles. The number of rotatable bonds is 5. The summed E-state index contributed by atoms with van der Waals surface area (Å²) in [6.45, 7) is 2.43. The van der Waals surface area contributed by atoms with E-state index in [0.717, 1.165) is 15.7 Å². The third-order valence-corrected chi connectivity index (χ3v) is 6.42. The summed E-state index contributed by atoms with van der Waals surface area (Å²) < 4.78 is 14.4. The summed E-state index contributed by atoms with van der Waals surface area (Å²) in [6, 6.07) is 13.5. The number of aromatic nitrogens is 1. The average Bonchev–Trinajstić information content (AvgIpc) is 3.06. The number of benzene rings is 2. The number of fused-ring (bicyclic) bond motifs is 1. The van der Waals surface area contributed by atoms with Crippen molar-refractivity contribution in [3.05, 3.63) is 61.3 Å². The second-order valence-electron chi connectivity index (χ2n) is 6.23. The van der Waals surface area contributed by atoms with Crippen LogP contribution >= 0.6 is 39.5 Å². The van der Waals surface area contributed by atoms with Gasteiger partial charge in [0.15, 0.2) is 15.5 Å². The molecule has 150 valence electrons. The van der Waals surface area contributed by atoms with E-state index in [0.29, 0.717) is 32.8 Å². The Morgan fingerprint density at radius 3 is 2.69 bits per heavy atom. The topological polar surface area (TPSA) is 64.5 Å². The minimum Gasteiger partial charge on any atom is -0.493 e. The molecule has 1 aromatic heterocycles. The Morgan fingerprint density at radius 1 is 1.24 bits per heavy atom. The number of thiazole rings is 1. The van der Waals surface area contributed by atoms with Gasteiger partial charge in [0, 0.05) is 5.69 Å². The van der Waals surface area contributed by atoms with E-state index >= 15 is 0 Å². The summed E-state index contributed by atoms with van der Waals surface area (Å²) in [7, 11) is 1.59. The minimum atomic E-state index is -0.449. The lowest BCUT2D eigenvalue weighted by atomic mass is 10.1. The zero-order valence-corrected chi connectivity index (χ0v) is 18.9. The van der Waals surface area contributed by atoms with Gasteiger partial charge in [-0.05, 0) is 64.9 Å². The van der Waals surface area contributed by atoms with Gasteiger partial charge in [-0.2, -0.15) is 0 Å². The van der Waals surface area contributed by atoms with Crippen LogP contribution in [0.5, 0.6) is 11.5 Å². The third-order valence-electron chi connectivity index (χ3n) is 4.46. The van der Waals surface area contributed by atoms with E-state index in [-0.39, 0.29) is 5.91 Å². The number of para-hydroxylation sites is 1. The van der Waals surface area contributed by atoms with Crippen LogP contribution in [0.3, 0.4) is 0 Å². The fourth-order valence-corrected chi connectivity index (χ4v) is 5.08. The zero-order valence-electron chi connectivity index (χ0n) is 15.7. The predicted octanol–water partition coefficient (Wildman–Crippen LogP) is 5.29. The predicted molar refractivity (Wildman–Crippen MR) is 120 cm³/mol. The number of ether oxygens (including phenoxy) is 2. The summed E-state index contributed by atoms with van der Waals surface area (Å²) in [4.78, 5) is 13.4. The second kappa shape index (κ2) is 8.17. The van der Waals surface area contributed by atoms with Crippen LogP contribution in [0.4, 0.5) is 5.82 Å². The van der Waals surface area contributed by atoms with Crippen LogP contribution in [0.1, 0.15) is 28.3 Å². The van der Waals surface area contributed by atoms with Gasteiger partial charge in [-0.1, -0.05) is 29.5 Å². The highest BCUT2D eigenvalue weighted by atomic mass is 79.9. The van der Waals surface area contributed by atoms with Gasteiger partial charge in [0.2, 0.25) is 0 Å². The number of anilines is 1. The maximum Gasteiger partial charge on any atom is 0.267 e. The molecule has 0 fully saturated rings. The molecule has 29 heavy (non-hydrogen) atoms. The molecule has 2 aromatic carbocycles. The Balaban J connectivity index is 1.77. The van der Waals surface area contributed by atoms with E-state index in [1.54, 1.807) is 7.11 Å². The van der Waals surface area contributed by atoms with Gasteiger partial charge in [-0.15, -0.1) is 0 Å². The molecule has 2 N–H and O–H groups in total. The Morgan fingerprint density at radius 2 is 2.00 bits per heavy atom. The van der Waals surface area contributed by atoms with Gasteiger partial charge >= 0.3 is 0 Å². The van der Waals surface area contributed by atoms with E-state index in [2.05, 4.69) is 26.6 Å². The van der Waals surface area contributed by atoms with E-state index in [1.165, 1.54) is 11.3 Å². The molecule has 9 heteroatoms. The fraction of sp³-hybridized carbons (Fsp3) is 0.200. The molecule has 0 saturated carbocycles. The molecule has 4 rings (SSSR count). The van der Waals surface area contributed by atoms with Crippen molar-refractivity contribution in [2.75, 3.05) is 19.0 Å². The van der Waals surface area contributed by atoms with Crippen molar-refractivity contribution in [3.63, 3.8) is 0 Å². The summed E-state index contributed by atoms with van der Waals surface area (Å²) >= 11 is 10.4. The Labute approximate surface area is 185 Å². The van der Waals surface area contributed by atoms with Crippen molar-refractivity contribution in [1.82, 2.24) is 9.88 Å². The maximum absolute atomic E-state index is 12.8. The smallest absolute Gasteiger partial charge is 0.267 e. The molecule has 3 aromatic rings. The summed E-state index contributed by atoms with van der Waals surface area (Å²) in [5.41, 5.74) is 1.73. The number of carbonyl (C=O) groups excluding carboxylic acids is 1. The van der Waals surface area contributed by atoms with E-state index in [1.807, 2.05) is 54.0 Å². The number of nitrogens with zero attached hydrogens (tertiary/aromatic N) is 1. The van der Waals surface area contributed by atoms with Crippen molar-refractivity contribution in [1.29, 1.82) is 0 Å². The summed E-state index contributed by atoms with van der Waals surface area (Å²) in [6.07, 6.45) is -0.449. The number of nitrogens with one attached hydrogen (secondary N) is 2. The maximum atomic E-state index is 12.8. The molecule has 6 nitrogen and oxygen atoms in total. The molecule has 0 spiro atoms. The quantitative estimate of drug-likeness (QED) is 0.474. The molecular weight excluding hydrogens is 474 g/mol. The Bertz CT molecular complexity index is 1130. The molecule has 2 heterocycles. The first-order valence-electron chi connectivity index (χ1n) is 8.92. The number of carbonyl (C=O) groups is 1. The van der Waals surface area contributed by atoms with Gasteiger partial charge < -0.3 is 20.1 Å². The SMILES string of the molecule is CCOc1c(Br)cc([C@@H]2NC(=O)c3sc(=S)n(-c4ccccc4)c3N2)cc1OC. The van der Waals surface area contributed by atoms with Gasteiger partial charge in [0.05, 0.1) is 18.2 Å². The van der Waals surface area contributed by atoms with Crippen molar-refractivity contribution < 1.29 is 14.3 Å². The Hall–Kier alpha value is -2.36. The molecule has 0 aliphatic carbocycles. The van der Waals surface area contributed by atoms with Gasteiger partial charge in [-0.3, -0.25) is 9.36 Å². The van der Waals surface area contributed by atoms with Gasteiger partial charge in [-0.25, -0.2) is 0 Å². The molecule has 1 amide bonds. The van der Waals surface area contributed by atoms with Crippen LogP contribution in [-0.4, -0.2) is 24.2 Å². The van der Waals surface area contributed by atoms with Crippen molar-refractivity contribution in [2.45, 2.75) is 13.1 Å². The lowest BCUT2D eigenvalue weighted by Gasteiger charge is -2.28. The van der Waals surface area contributed by atoms with Crippen molar-refractivity contribution in [2.24, 2.45) is 0 Å². The third kappa shape index (κ3) is 3.65. The van der Waals surface area contributed by atoms with Crippen LogP contribution in [0.25, 0.3) is 5.69 Å². The van der Waals surface area contributed by atoms with Crippen LogP contribution in [0.15, 0.2) is 46.9 Å². The highest BCUT2D eigenvalue weighted by Gasteiger charge is 2.30. The lowest BCUT2D eigenvalue weighted by molar-refractivity contribution is 0.0939. The van der Waals surface area contributed by atoms with E-state index < -0.39 is 6.17 Å². The first-order valence-corrected chi connectivity index (χ1v) is 10.9. The largest absolute Gasteiger partial charge is 0.493 e. The number of hydrogen-bond donors (Lipinski definition) is 2. The second-order valence-corrected chi connectivity index (χ2v) is 8.73. The van der Waals surface area contributed by atoms with Gasteiger partial charge in [0.25, 0.3) is 5.91 Å². The van der Waals surface area contributed by atoms with Gasteiger partial charge in [0.1, 0.15) is 16.9 Å².